The molecular weight excluding hydrogens is 208 g/mol. The van der Waals surface area contributed by atoms with E-state index in [0.717, 1.165) is 30.1 Å². The summed E-state index contributed by atoms with van der Waals surface area (Å²) < 4.78 is 0. The molecule has 0 spiro atoms. The Labute approximate surface area is 94.7 Å². The number of carbonyl (C=O) groups excluding carboxylic acids is 1. The molecular formula is C11H14N2OS. The fraction of sp³-hybridized carbons (Fsp3) is 0.364. The number of nitrogens with one attached hydrogen (secondary N) is 2. The van der Waals surface area contributed by atoms with Crippen molar-refractivity contribution in [3.05, 3.63) is 29.3 Å². The van der Waals surface area contributed by atoms with E-state index < -0.39 is 0 Å². The molecule has 4 heteroatoms. The lowest BCUT2D eigenvalue weighted by molar-refractivity contribution is -0.115. The van der Waals surface area contributed by atoms with Crippen LogP contribution in [0, 0.1) is 0 Å². The lowest BCUT2D eigenvalue weighted by Crippen LogP contribution is -2.15. The van der Waals surface area contributed by atoms with Gasteiger partial charge in [0, 0.05) is 24.5 Å². The second kappa shape index (κ2) is 4.68. The Morgan fingerprint density at radius 2 is 2.33 bits per heavy atom. The largest absolute Gasteiger partial charge is 0.326 e. The van der Waals surface area contributed by atoms with Crippen molar-refractivity contribution in [3.8, 4) is 0 Å². The molecule has 0 aliphatic carbocycles. The number of hydrogen-bond donors (Lipinski definition) is 3. The Balaban J connectivity index is 2.03. The maximum absolute atomic E-state index is 11.1. The van der Waals surface area contributed by atoms with E-state index in [1.54, 1.807) is 0 Å². The Bertz CT molecular complexity index is 379. The van der Waals surface area contributed by atoms with E-state index in [9.17, 15) is 4.79 Å². The third-order valence-corrected chi connectivity index (χ3v) is 2.64. The molecule has 0 bridgehead atoms. The van der Waals surface area contributed by atoms with Gasteiger partial charge in [-0.15, -0.1) is 0 Å². The van der Waals surface area contributed by atoms with E-state index in [4.69, 9.17) is 0 Å². The minimum atomic E-state index is 0.0884. The van der Waals surface area contributed by atoms with Gasteiger partial charge in [-0.2, -0.15) is 12.6 Å². The van der Waals surface area contributed by atoms with E-state index in [-0.39, 0.29) is 5.91 Å². The molecule has 1 aromatic carbocycles. The van der Waals surface area contributed by atoms with Gasteiger partial charge in [-0.1, -0.05) is 12.1 Å². The van der Waals surface area contributed by atoms with Crippen molar-refractivity contribution in [1.29, 1.82) is 0 Å². The van der Waals surface area contributed by atoms with Crippen molar-refractivity contribution in [2.75, 3.05) is 17.6 Å². The first-order chi connectivity index (χ1) is 7.29. The van der Waals surface area contributed by atoms with Crippen molar-refractivity contribution in [3.63, 3.8) is 0 Å². The minimum absolute atomic E-state index is 0.0884. The molecule has 1 aromatic rings. The van der Waals surface area contributed by atoms with Gasteiger partial charge in [0.05, 0.1) is 6.42 Å². The Kier molecular flexibility index (Phi) is 3.28. The average molecular weight is 222 g/mol. The minimum Gasteiger partial charge on any atom is -0.326 e. The number of amides is 1. The van der Waals surface area contributed by atoms with Crippen LogP contribution in [0.2, 0.25) is 0 Å². The summed E-state index contributed by atoms with van der Waals surface area (Å²) in [5.74, 6) is 0.927. The van der Waals surface area contributed by atoms with Crippen molar-refractivity contribution in [2.45, 2.75) is 13.0 Å². The Hall–Kier alpha value is -1.00. The van der Waals surface area contributed by atoms with Crippen LogP contribution in [0.3, 0.4) is 0 Å². The molecule has 0 saturated heterocycles. The SMILES string of the molecule is O=C1Cc2cc(CNCCS)ccc2N1. The van der Waals surface area contributed by atoms with Crippen LogP contribution in [0.5, 0.6) is 0 Å². The van der Waals surface area contributed by atoms with Crippen LogP contribution >= 0.6 is 12.6 Å². The van der Waals surface area contributed by atoms with E-state index in [1.165, 1.54) is 5.56 Å². The van der Waals surface area contributed by atoms with Crippen molar-refractivity contribution in [2.24, 2.45) is 0 Å². The Morgan fingerprint density at radius 3 is 3.13 bits per heavy atom. The topological polar surface area (TPSA) is 41.1 Å². The highest BCUT2D eigenvalue weighted by Crippen LogP contribution is 2.23. The molecule has 15 heavy (non-hydrogen) atoms. The predicted molar refractivity (Wildman–Crippen MR) is 64.3 cm³/mol. The molecule has 1 aliphatic rings. The van der Waals surface area contributed by atoms with E-state index in [2.05, 4.69) is 29.3 Å². The summed E-state index contributed by atoms with van der Waals surface area (Å²) in [7, 11) is 0. The monoisotopic (exact) mass is 222 g/mol. The summed E-state index contributed by atoms with van der Waals surface area (Å²) in [5.41, 5.74) is 3.27. The summed E-state index contributed by atoms with van der Waals surface area (Å²) in [4.78, 5) is 11.1. The summed E-state index contributed by atoms with van der Waals surface area (Å²) in [5, 5.41) is 6.09. The third kappa shape index (κ3) is 2.52. The molecule has 80 valence electrons. The highest BCUT2D eigenvalue weighted by Gasteiger charge is 2.16. The molecule has 0 aromatic heterocycles. The summed E-state index contributed by atoms with van der Waals surface area (Å²) >= 11 is 4.13. The molecule has 1 heterocycles. The quantitative estimate of drug-likeness (QED) is 0.529. The van der Waals surface area contributed by atoms with E-state index >= 15 is 0 Å². The van der Waals surface area contributed by atoms with Gasteiger partial charge in [-0.3, -0.25) is 4.79 Å². The van der Waals surface area contributed by atoms with Crippen molar-refractivity contribution >= 4 is 24.2 Å². The maximum Gasteiger partial charge on any atom is 0.228 e. The lowest BCUT2D eigenvalue weighted by Gasteiger charge is -2.05. The average Bonchev–Trinajstić information content (AvgIpc) is 2.57. The van der Waals surface area contributed by atoms with E-state index in [0.29, 0.717) is 6.42 Å². The molecule has 1 aliphatic heterocycles. The number of rotatable bonds is 4. The third-order valence-electron chi connectivity index (χ3n) is 2.41. The molecule has 3 nitrogen and oxygen atoms in total. The first-order valence-electron chi connectivity index (χ1n) is 5.03. The van der Waals surface area contributed by atoms with Crippen LogP contribution < -0.4 is 10.6 Å². The van der Waals surface area contributed by atoms with Gasteiger partial charge in [-0.25, -0.2) is 0 Å². The maximum atomic E-state index is 11.1. The fourth-order valence-electron chi connectivity index (χ4n) is 1.70. The fourth-order valence-corrected chi connectivity index (χ4v) is 1.86. The molecule has 0 atom stereocenters. The zero-order valence-corrected chi connectivity index (χ0v) is 9.31. The molecule has 0 radical (unpaired) electrons. The van der Waals surface area contributed by atoms with Gasteiger partial charge >= 0.3 is 0 Å². The number of carbonyl (C=O) groups is 1. The number of fused-ring (bicyclic) bond motifs is 1. The van der Waals surface area contributed by atoms with Crippen LogP contribution in [-0.4, -0.2) is 18.2 Å². The molecule has 2 N–H and O–H groups in total. The van der Waals surface area contributed by atoms with Crippen LogP contribution in [0.4, 0.5) is 5.69 Å². The van der Waals surface area contributed by atoms with Crippen LogP contribution in [0.15, 0.2) is 18.2 Å². The number of hydrogen-bond acceptors (Lipinski definition) is 3. The molecule has 2 rings (SSSR count). The zero-order valence-electron chi connectivity index (χ0n) is 8.42. The first-order valence-corrected chi connectivity index (χ1v) is 5.66. The normalized spacial score (nSPS) is 13.8. The summed E-state index contributed by atoms with van der Waals surface area (Å²) in [6, 6.07) is 6.09. The van der Waals surface area contributed by atoms with E-state index in [1.807, 2.05) is 12.1 Å². The summed E-state index contributed by atoms with van der Waals surface area (Å²) in [6.45, 7) is 1.74. The molecule has 0 saturated carbocycles. The highest BCUT2D eigenvalue weighted by molar-refractivity contribution is 7.80. The highest BCUT2D eigenvalue weighted by atomic mass is 32.1. The van der Waals surface area contributed by atoms with Gasteiger partial charge in [0.15, 0.2) is 0 Å². The molecule has 0 unspecified atom stereocenters. The van der Waals surface area contributed by atoms with Gasteiger partial charge in [0.2, 0.25) is 5.91 Å². The van der Waals surface area contributed by atoms with Gasteiger partial charge in [-0.05, 0) is 17.2 Å². The Morgan fingerprint density at radius 1 is 1.47 bits per heavy atom. The number of benzene rings is 1. The van der Waals surface area contributed by atoms with Crippen molar-refractivity contribution < 1.29 is 4.79 Å². The zero-order chi connectivity index (χ0) is 10.7. The van der Waals surface area contributed by atoms with Gasteiger partial charge in [0.25, 0.3) is 0 Å². The predicted octanol–water partition coefficient (Wildman–Crippen LogP) is 1.20. The van der Waals surface area contributed by atoms with Crippen LogP contribution in [0.25, 0.3) is 0 Å². The second-order valence-corrected chi connectivity index (χ2v) is 4.06. The lowest BCUT2D eigenvalue weighted by atomic mass is 10.1. The van der Waals surface area contributed by atoms with Gasteiger partial charge < -0.3 is 10.6 Å². The second-order valence-electron chi connectivity index (χ2n) is 3.62. The van der Waals surface area contributed by atoms with Crippen LogP contribution in [0.1, 0.15) is 11.1 Å². The van der Waals surface area contributed by atoms with Crippen molar-refractivity contribution in [1.82, 2.24) is 5.32 Å². The van der Waals surface area contributed by atoms with Crippen LogP contribution in [-0.2, 0) is 17.8 Å². The first kappa shape index (κ1) is 10.5. The number of thiol groups is 1. The van der Waals surface area contributed by atoms with Gasteiger partial charge in [0.1, 0.15) is 0 Å². The molecule has 0 fully saturated rings. The standard InChI is InChI=1S/C11H14N2OS/c14-11-6-9-5-8(7-12-3-4-15)1-2-10(9)13-11/h1-2,5,12,15H,3-4,6-7H2,(H,13,14). The summed E-state index contributed by atoms with van der Waals surface area (Å²) in [6.07, 6.45) is 0.510. The smallest absolute Gasteiger partial charge is 0.228 e. The molecule has 1 amide bonds. The number of anilines is 1.